The summed E-state index contributed by atoms with van der Waals surface area (Å²) >= 11 is 3.60. The van der Waals surface area contributed by atoms with Crippen molar-refractivity contribution in [2.24, 2.45) is 5.84 Å². The number of aromatic nitrogens is 4. The molecule has 108 valence electrons. The zero-order valence-electron chi connectivity index (χ0n) is 11.9. The molecule has 0 saturated carbocycles. The Kier molecular flexibility index (Phi) is 4.85. The Morgan fingerprint density at radius 2 is 2.10 bits per heavy atom. The highest BCUT2D eigenvalue weighted by Crippen LogP contribution is 2.25. The lowest BCUT2D eigenvalue weighted by molar-refractivity contribution is 0.504. The number of aryl methyl sites for hydroxylation is 3. The molecule has 0 bridgehead atoms. The standard InChI is InChI=1S/C13H19BrN6/c1-4-20-12(13(14)9(3)19-20)5-10(18-15)11-7-16-8(2)6-17-11/h6-7,10,18H,4-5,15H2,1-3H3. The van der Waals surface area contributed by atoms with Gasteiger partial charge in [-0.2, -0.15) is 5.10 Å². The first-order valence-corrected chi connectivity index (χ1v) is 7.32. The molecule has 6 nitrogen and oxygen atoms in total. The molecule has 1 unspecified atom stereocenters. The number of nitrogens with one attached hydrogen (secondary N) is 1. The lowest BCUT2D eigenvalue weighted by Gasteiger charge is -2.16. The molecule has 2 aromatic rings. The molecule has 0 spiro atoms. The summed E-state index contributed by atoms with van der Waals surface area (Å²) in [6.45, 7) is 6.78. The monoisotopic (exact) mass is 338 g/mol. The molecule has 0 fully saturated rings. The summed E-state index contributed by atoms with van der Waals surface area (Å²) in [5.41, 5.74) is 6.61. The van der Waals surface area contributed by atoms with Gasteiger partial charge in [0, 0.05) is 19.2 Å². The van der Waals surface area contributed by atoms with Gasteiger partial charge in [-0.3, -0.25) is 25.9 Å². The van der Waals surface area contributed by atoms with E-state index in [0.717, 1.165) is 33.8 Å². The minimum absolute atomic E-state index is 0.0965. The van der Waals surface area contributed by atoms with Gasteiger partial charge in [0.2, 0.25) is 0 Å². The van der Waals surface area contributed by atoms with E-state index in [0.29, 0.717) is 6.42 Å². The van der Waals surface area contributed by atoms with Crippen molar-refractivity contribution in [3.63, 3.8) is 0 Å². The number of hydrazine groups is 1. The summed E-state index contributed by atoms with van der Waals surface area (Å²) in [7, 11) is 0. The van der Waals surface area contributed by atoms with Gasteiger partial charge in [0.15, 0.2) is 0 Å². The van der Waals surface area contributed by atoms with Crippen LogP contribution in [0.3, 0.4) is 0 Å². The van der Waals surface area contributed by atoms with Crippen molar-refractivity contribution < 1.29 is 0 Å². The third-order valence-electron chi connectivity index (χ3n) is 3.21. The van der Waals surface area contributed by atoms with Crippen LogP contribution in [0.4, 0.5) is 0 Å². The maximum atomic E-state index is 5.68. The molecule has 0 radical (unpaired) electrons. The number of hydrogen-bond donors (Lipinski definition) is 2. The van der Waals surface area contributed by atoms with Crippen molar-refractivity contribution >= 4 is 15.9 Å². The zero-order valence-corrected chi connectivity index (χ0v) is 13.5. The molecular formula is C13H19BrN6. The van der Waals surface area contributed by atoms with Gasteiger partial charge < -0.3 is 0 Å². The van der Waals surface area contributed by atoms with Gasteiger partial charge in [0.25, 0.3) is 0 Å². The molecule has 0 aromatic carbocycles. The number of nitrogens with two attached hydrogens (primary N) is 1. The summed E-state index contributed by atoms with van der Waals surface area (Å²) in [4.78, 5) is 8.66. The molecule has 0 amide bonds. The average Bonchev–Trinajstić information content (AvgIpc) is 2.73. The lowest BCUT2D eigenvalue weighted by Crippen LogP contribution is -2.31. The predicted molar refractivity (Wildman–Crippen MR) is 80.9 cm³/mol. The molecule has 2 heterocycles. The van der Waals surface area contributed by atoms with Crippen molar-refractivity contribution in [1.29, 1.82) is 0 Å². The quantitative estimate of drug-likeness (QED) is 0.641. The van der Waals surface area contributed by atoms with Crippen molar-refractivity contribution in [2.45, 2.75) is 39.8 Å². The summed E-state index contributed by atoms with van der Waals surface area (Å²) in [6, 6.07) is -0.0965. The van der Waals surface area contributed by atoms with Crippen molar-refractivity contribution in [3.8, 4) is 0 Å². The van der Waals surface area contributed by atoms with Crippen LogP contribution in [-0.2, 0) is 13.0 Å². The van der Waals surface area contributed by atoms with Crippen LogP contribution in [0.2, 0.25) is 0 Å². The Bertz CT molecular complexity index is 577. The minimum Gasteiger partial charge on any atom is -0.271 e. The molecular weight excluding hydrogens is 320 g/mol. The Hall–Kier alpha value is -1.31. The first-order valence-electron chi connectivity index (χ1n) is 6.53. The number of hydrogen-bond acceptors (Lipinski definition) is 5. The Morgan fingerprint density at radius 3 is 2.65 bits per heavy atom. The van der Waals surface area contributed by atoms with Gasteiger partial charge in [0.05, 0.1) is 39.5 Å². The molecule has 2 rings (SSSR count). The van der Waals surface area contributed by atoms with E-state index < -0.39 is 0 Å². The number of halogens is 1. The van der Waals surface area contributed by atoms with Crippen LogP contribution >= 0.6 is 15.9 Å². The van der Waals surface area contributed by atoms with E-state index in [1.165, 1.54) is 0 Å². The Labute approximate surface area is 126 Å². The van der Waals surface area contributed by atoms with E-state index in [1.807, 2.05) is 18.5 Å². The molecule has 3 N–H and O–H groups in total. The fourth-order valence-corrected chi connectivity index (χ4v) is 2.53. The van der Waals surface area contributed by atoms with Crippen molar-refractivity contribution in [1.82, 2.24) is 25.2 Å². The van der Waals surface area contributed by atoms with Crippen LogP contribution in [0.1, 0.15) is 35.7 Å². The Balaban J connectivity index is 2.28. The van der Waals surface area contributed by atoms with E-state index in [-0.39, 0.29) is 6.04 Å². The largest absolute Gasteiger partial charge is 0.271 e. The molecule has 0 aliphatic carbocycles. The van der Waals surface area contributed by atoms with E-state index in [2.05, 4.69) is 43.3 Å². The van der Waals surface area contributed by atoms with Crippen LogP contribution in [0, 0.1) is 13.8 Å². The van der Waals surface area contributed by atoms with Gasteiger partial charge in [-0.05, 0) is 36.7 Å². The van der Waals surface area contributed by atoms with Crippen LogP contribution in [0.15, 0.2) is 16.9 Å². The number of nitrogens with zero attached hydrogens (tertiary/aromatic N) is 4. The lowest BCUT2D eigenvalue weighted by atomic mass is 10.1. The molecule has 0 aliphatic rings. The topological polar surface area (TPSA) is 81.7 Å². The molecule has 1 atom stereocenters. The summed E-state index contributed by atoms with van der Waals surface area (Å²) in [5, 5.41) is 4.49. The third kappa shape index (κ3) is 3.05. The second-order valence-corrected chi connectivity index (χ2v) is 5.46. The molecule has 0 aliphatic heterocycles. The van der Waals surface area contributed by atoms with E-state index in [1.54, 1.807) is 12.4 Å². The van der Waals surface area contributed by atoms with Crippen LogP contribution in [0.25, 0.3) is 0 Å². The van der Waals surface area contributed by atoms with Crippen LogP contribution in [-0.4, -0.2) is 19.7 Å². The third-order valence-corrected chi connectivity index (χ3v) is 4.24. The first-order chi connectivity index (χ1) is 9.56. The van der Waals surface area contributed by atoms with Gasteiger partial charge >= 0.3 is 0 Å². The molecule has 0 saturated heterocycles. The van der Waals surface area contributed by atoms with Crippen molar-refractivity contribution in [2.75, 3.05) is 0 Å². The zero-order chi connectivity index (χ0) is 14.7. The van der Waals surface area contributed by atoms with Gasteiger partial charge in [-0.1, -0.05) is 0 Å². The van der Waals surface area contributed by atoms with E-state index >= 15 is 0 Å². The first kappa shape index (κ1) is 15.1. The second kappa shape index (κ2) is 6.43. The summed E-state index contributed by atoms with van der Waals surface area (Å²) in [5.74, 6) is 5.68. The highest BCUT2D eigenvalue weighted by molar-refractivity contribution is 9.10. The second-order valence-electron chi connectivity index (χ2n) is 4.67. The SMILES string of the molecule is CCn1nc(C)c(Br)c1CC(NN)c1cnc(C)cn1. The van der Waals surface area contributed by atoms with Crippen molar-refractivity contribution in [3.05, 3.63) is 39.6 Å². The smallest absolute Gasteiger partial charge is 0.0773 e. The molecule has 20 heavy (non-hydrogen) atoms. The average molecular weight is 339 g/mol. The van der Waals surface area contributed by atoms with Crippen LogP contribution in [0.5, 0.6) is 0 Å². The predicted octanol–water partition coefficient (Wildman–Crippen LogP) is 1.82. The Morgan fingerprint density at radius 1 is 1.35 bits per heavy atom. The van der Waals surface area contributed by atoms with Gasteiger partial charge in [-0.25, -0.2) is 0 Å². The highest BCUT2D eigenvalue weighted by Gasteiger charge is 2.19. The van der Waals surface area contributed by atoms with E-state index in [4.69, 9.17) is 5.84 Å². The van der Waals surface area contributed by atoms with Gasteiger partial charge in [-0.15, -0.1) is 0 Å². The summed E-state index contributed by atoms with van der Waals surface area (Å²) in [6.07, 6.45) is 4.20. The number of rotatable bonds is 5. The summed E-state index contributed by atoms with van der Waals surface area (Å²) < 4.78 is 3.01. The fraction of sp³-hybridized carbons (Fsp3) is 0.462. The van der Waals surface area contributed by atoms with Crippen LogP contribution < -0.4 is 11.3 Å². The molecule has 2 aromatic heterocycles. The normalized spacial score (nSPS) is 12.7. The van der Waals surface area contributed by atoms with E-state index in [9.17, 15) is 0 Å². The minimum atomic E-state index is -0.0965. The molecule has 7 heteroatoms. The fourth-order valence-electron chi connectivity index (χ4n) is 2.09. The van der Waals surface area contributed by atoms with Gasteiger partial charge in [0.1, 0.15) is 0 Å². The maximum Gasteiger partial charge on any atom is 0.0773 e. The highest BCUT2D eigenvalue weighted by atomic mass is 79.9. The maximum absolute atomic E-state index is 5.68.